The number of aliphatic carboxylic acids is 1. The Labute approximate surface area is 231 Å². The second-order valence-corrected chi connectivity index (χ2v) is 10.8. The van der Waals surface area contributed by atoms with Crippen molar-refractivity contribution in [3.63, 3.8) is 0 Å². The Morgan fingerprint density at radius 1 is 1.05 bits per heavy atom. The van der Waals surface area contributed by atoms with E-state index in [4.69, 9.17) is 9.84 Å². The van der Waals surface area contributed by atoms with Crippen LogP contribution < -0.4 is 25.8 Å². The van der Waals surface area contributed by atoms with Crippen molar-refractivity contribution in [3.8, 4) is 16.3 Å². The van der Waals surface area contributed by atoms with Crippen LogP contribution in [0.4, 0.5) is 11.4 Å². The SMILES string of the molecule is Cc1nc(-c2ccc(N3NC(c4cccc(OCC(=O)O)c4)(C4N=NN=N4)NN3c3ccsc3)cc2)sc1C. The number of thiophene rings is 1. The molecule has 0 spiro atoms. The van der Waals surface area contributed by atoms with Crippen LogP contribution in [0.25, 0.3) is 10.6 Å². The second kappa shape index (κ2) is 10.1. The van der Waals surface area contributed by atoms with Crippen molar-refractivity contribution < 1.29 is 14.6 Å². The van der Waals surface area contributed by atoms with Crippen LogP contribution in [0.5, 0.6) is 5.75 Å². The molecule has 198 valence electrons. The summed E-state index contributed by atoms with van der Waals surface area (Å²) in [6.45, 7) is 3.63. The van der Waals surface area contributed by atoms with Crippen LogP contribution in [-0.4, -0.2) is 28.8 Å². The van der Waals surface area contributed by atoms with E-state index >= 15 is 0 Å². The van der Waals surface area contributed by atoms with Gasteiger partial charge in [-0.3, -0.25) is 0 Å². The number of hydrogen-bond acceptors (Lipinski definition) is 13. The molecule has 0 amide bonds. The van der Waals surface area contributed by atoms with Crippen LogP contribution >= 0.6 is 22.7 Å². The lowest BCUT2D eigenvalue weighted by atomic mass is 9.97. The van der Waals surface area contributed by atoms with Gasteiger partial charge in [0.05, 0.1) is 17.1 Å². The summed E-state index contributed by atoms with van der Waals surface area (Å²) in [5.41, 5.74) is 10.4. The molecule has 2 aromatic carbocycles. The van der Waals surface area contributed by atoms with E-state index < -0.39 is 24.4 Å². The molecule has 6 rings (SSSR count). The highest BCUT2D eigenvalue weighted by molar-refractivity contribution is 7.15. The highest BCUT2D eigenvalue weighted by Gasteiger charge is 2.52. The number of ether oxygens (including phenoxy) is 1. The third-order valence-electron chi connectivity index (χ3n) is 6.30. The van der Waals surface area contributed by atoms with E-state index in [1.165, 1.54) is 4.88 Å². The van der Waals surface area contributed by atoms with Gasteiger partial charge in [0.15, 0.2) is 12.3 Å². The summed E-state index contributed by atoms with van der Waals surface area (Å²) in [6, 6.07) is 17.2. The molecule has 4 aromatic rings. The number of nitrogens with one attached hydrogen (secondary N) is 2. The fraction of sp³-hybridized carbons (Fsp3) is 0.200. The number of carbonyl (C=O) groups is 1. The highest BCUT2D eigenvalue weighted by atomic mass is 32.1. The zero-order chi connectivity index (χ0) is 27.0. The van der Waals surface area contributed by atoms with Crippen LogP contribution in [0.2, 0.25) is 0 Å². The molecule has 0 aliphatic carbocycles. The molecule has 0 radical (unpaired) electrons. The van der Waals surface area contributed by atoms with Gasteiger partial charge >= 0.3 is 5.97 Å². The number of aromatic nitrogens is 1. The Morgan fingerprint density at radius 3 is 2.44 bits per heavy atom. The summed E-state index contributed by atoms with van der Waals surface area (Å²) in [5.74, 6) is -0.671. The number of carboxylic acid groups (broad SMARTS) is 1. The van der Waals surface area contributed by atoms with E-state index in [0.29, 0.717) is 11.3 Å². The number of hydrogen-bond donors (Lipinski definition) is 3. The van der Waals surface area contributed by atoms with E-state index in [-0.39, 0.29) is 0 Å². The molecule has 1 unspecified atom stereocenters. The third kappa shape index (κ3) is 4.74. The Kier molecular flexibility index (Phi) is 6.52. The van der Waals surface area contributed by atoms with Gasteiger partial charge in [-0.05, 0) is 77.7 Å². The molecule has 2 aliphatic heterocycles. The Hall–Kier alpha value is -4.24. The summed E-state index contributed by atoms with van der Waals surface area (Å²) in [5, 5.41) is 33.8. The first-order valence-corrected chi connectivity index (χ1v) is 13.7. The Balaban J connectivity index is 1.40. The molecule has 2 aromatic heterocycles. The quantitative estimate of drug-likeness (QED) is 0.266. The van der Waals surface area contributed by atoms with E-state index in [9.17, 15) is 4.79 Å². The minimum Gasteiger partial charge on any atom is -0.482 e. The lowest BCUT2D eigenvalue weighted by Gasteiger charge is -2.30. The van der Waals surface area contributed by atoms with Crippen LogP contribution in [0.15, 0.2) is 86.0 Å². The van der Waals surface area contributed by atoms with Crippen LogP contribution in [0.1, 0.15) is 16.1 Å². The number of benzene rings is 2. The number of carboxylic acids is 1. The molecule has 14 heteroatoms. The Morgan fingerprint density at radius 2 is 1.79 bits per heavy atom. The number of hydrazine groups is 3. The van der Waals surface area contributed by atoms with Crippen molar-refractivity contribution in [1.82, 2.24) is 15.8 Å². The normalized spacial score (nSPS) is 18.8. The summed E-state index contributed by atoms with van der Waals surface area (Å²) in [4.78, 5) is 17.0. The van der Waals surface area contributed by atoms with Gasteiger partial charge in [0.1, 0.15) is 10.8 Å². The molecule has 3 N–H and O–H groups in total. The van der Waals surface area contributed by atoms with Crippen LogP contribution in [-0.2, 0) is 10.5 Å². The first-order valence-electron chi connectivity index (χ1n) is 11.9. The monoisotopic (exact) mass is 561 g/mol. The van der Waals surface area contributed by atoms with Crippen LogP contribution in [0, 0.1) is 13.8 Å². The van der Waals surface area contributed by atoms with Crippen molar-refractivity contribution in [2.75, 3.05) is 16.8 Å². The molecule has 1 fully saturated rings. The smallest absolute Gasteiger partial charge is 0.341 e. The van der Waals surface area contributed by atoms with Gasteiger partial charge < -0.3 is 9.84 Å². The van der Waals surface area contributed by atoms with Gasteiger partial charge in [-0.15, -0.1) is 21.6 Å². The number of aryl methyl sites for hydroxylation is 2. The van der Waals surface area contributed by atoms with E-state index in [1.54, 1.807) is 40.9 Å². The molecule has 4 heterocycles. The maximum Gasteiger partial charge on any atom is 0.341 e. The number of thiazole rings is 1. The average Bonchev–Trinajstić information content (AvgIpc) is 3.75. The molecular formula is C25H23N9O3S2. The molecule has 1 atom stereocenters. The fourth-order valence-electron chi connectivity index (χ4n) is 4.25. The van der Waals surface area contributed by atoms with E-state index in [2.05, 4.69) is 43.4 Å². The largest absolute Gasteiger partial charge is 0.482 e. The Bertz CT molecular complexity index is 1520. The zero-order valence-corrected chi connectivity index (χ0v) is 22.5. The second-order valence-electron chi connectivity index (χ2n) is 8.84. The predicted molar refractivity (Wildman–Crippen MR) is 147 cm³/mol. The van der Waals surface area contributed by atoms with Gasteiger partial charge in [0.25, 0.3) is 0 Å². The predicted octanol–water partition coefficient (Wildman–Crippen LogP) is 5.21. The standard InChI is InChI=1S/C25H23N9O3S2/c1-15-16(2)39-23(26-15)17-6-8-19(9-7-17)33-29-25(24-27-31-32-28-24,30-34(33)20-10-11-38-14-20)18-4-3-5-21(12-18)37-13-22(35)36/h3-12,14,24,29-30H,13H2,1-2H3,(H,35,36). The van der Waals surface area contributed by atoms with Crippen molar-refractivity contribution in [3.05, 3.63) is 81.5 Å². The molecule has 0 saturated carbocycles. The van der Waals surface area contributed by atoms with Crippen molar-refractivity contribution in [1.29, 1.82) is 0 Å². The van der Waals surface area contributed by atoms with E-state index in [1.807, 2.05) is 64.3 Å². The van der Waals surface area contributed by atoms with Gasteiger partial charge in [-0.2, -0.15) is 27.3 Å². The summed E-state index contributed by atoms with van der Waals surface area (Å²) < 4.78 is 5.46. The average molecular weight is 562 g/mol. The van der Waals surface area contributed by atoms with Crippen molar-refractivity contribution in [2.45, 2.75) is 25.7 Å². The molecule has 39 heavy (non-hydrogen) atoms. The first kappa shape index (κ1) is 25.1. The minimum absolute atomic E-state index is 0.392. The summed E-state index contributed by atoms with van der Waals surface area (Å²) in [6.07, 6.45) is -0.765. The van der Waals surface area contributed by atoms with Gasteiger partial charge in [0.2, 0.25) is 6.17 Å². The maximum atomic E-state index is 11.1. The topological polar surface area (TPSA) is 139 Å². The van der Waals surface area contributed by atoms with Gasteiger partial charge in [0, 0.05) is 15.8 Å². The van der Waals surface area contributed by atoms with Crippen LogP contribution in [0.3, 0.4) is 0 Å². The lowest BCUT2D eigenvalue weighted by Crippen LogP contribution is -2.55. The zero-order valence-electron chi connectivity index (χ0n) is 20.8. The lowest BCUT2D eigenvalue weighted by molar-refractivity contribution is -0.139. The number of rotatable bonds is 8. The maximum absolute atomic E-state index is 11.1. The first-order chi connectivity index (χ1) is 18.9. The highest BCUT2D eigenvalue weighted by Crippen LogP contribution is 2.39. The van der Waals surface area contributed by atoms with E-state index in [0.717, 1.165) is 27.6 Å². The fourth-order valence-corrected chi connectivity index (χ4v) is 5.78. The molecule has 1 saturated heterocycles. The minimum atomic E-state index is -1.13. The molecule has 0 bridgehead atoms. The van der Waals surface area contributed by atoms with Crippen molar-refractivity contribution >= 4 is 40.0 Å². The summed E-state index contributed by atoms with van der Waals surface area (Å²) in [7, 11) is 0. The van der Waals surface area contributed by atoms with Gasteiger partial charge in [-0.25, -0.2) is 14.9 Å². The molecular weight excluding hydrogens is 538 g/mol. The molecule has 12 nitrogen and oxygen atoms in total. The number of anilines is 2. The summed E-state index contributed by atoms with van der Waals surface area (Å²) >= 11 is 3.23. The molecule has 2 aliphatic rings. The number of nitrogens with zero attached hydrogens (tertiary/aromatic N) is 7. The third-order valence-corrected chi connectivity index (χ3v) is 8.10. The van der Waals surface area contributed by atoms with Crippen molar-refractivity contribution in [2.24, 2.45) is 20.7 Å². The van der Waals surface area contributed by atoms with Gasteiger partial charge in [-0.1, -0.05) is 12.1 Å².